The van der Waals surface area contributed by atoms with Gasteiger partial charge in [0.1, 0.15) is 11.8 Å². The van der Waals surface area contributed by atoms with E-state index in [2.05, 4.69) is 10.1 Å². The van der Waals surface area contributed by atoms with Crippen molar-refractivity contribution >= 4 is 11.4 Å². The summed E-state index contributed by atoms with van der Waals surface area (Å²) in [6, 6.07) is 4.28. The van der Waals surface area contributed by atoms with Crippen LogP contribution in [0.5, 0.6) is 0 Å². The fourth-order valence-electron chi connectivity index (χ4n) is 1.86. The number of alkyl halides is 3. The zero-order chi connectivity index (χ0) is 14.9. The maximum absolute atomic E-state index is 12.6. The van der Waals surface area contributed by atoms with Gasteiger partial charge in [0.15, 0.2) is 12.3 Å². The summed E-state index contributed by atoms with van der Waals surface area (Å²) in [6.07, 6.45) is -6.90. The van der Waals surface area contributed by atoms with Crippen LogP contribution in [0.1, 0.15) is 0 Å². The summed E-state index contributed by atoms with van der Waals surface area (Å²) in [5, 5.41) is 32.5. The minimum atomic E-state index is -4.96. The average Bonchev–Trinajstić information content (AvgIpc) is 2.74. The summed E-state index contributed by atoms with van der Waals surface area (Å²) >= 11 is 0. The van der Waals surface area contributed by atoms with Crippen LogP contribution in [0.15, 0.2) is 29.6 Å². The Morgan fingerprint density at radius 2 is 1.95 bits per heavy atom. The molecule has 0 aliphatic carbocycles. The number of hydrogen-bond acceptors (Lipinski definition) is 6. The molecule has 0 fully saturated rings. The van der Waals surface area contributed by atoms with Gasteiger partial charge in [-0.25, -0.2) is 5.01 Å². The lowest BCUT2D eigenvalue weighted by Gasteiger charge is -2.26. The molecule has 0 bridgehead atoms. The Bertz CT molecular complexity index is 555. The number of pyridine rings is 1. The van der Waals surface area contributed by atoms with Crippen molar-refractivity contribution in [3.8, 4) is 6.07 Å². The van der Waals surface area contributed by atoms with Crippen molar-refractivity contribution in [2.45, 2.75) is 18.5 Å². The number of rotatable bonds is 2. The van der Waals surface area contributed by atoms with E-state index in [-0.39, 0.29) is 5.69 Å². The Kier molecular flexibility index (Phi) is 3.61. The molecule has 0 spiro atoms. The first kappa shape index (κ1) is 14.2. The van der Waals surface area contributed by atoms with Crippen molar-refractivity contribution in [2.75, 3.05) is 5.01 Å². The molecule has 0 saturated carbocycles. The third-order valence-electron chi connectivity index (χ3n) is 2.82. The molecule has 0 amide bonds. The van der Waals surface area contributed by atoms with E-state index < -0.39 is 30.1 Å². The number of anilines is 1. The minimum absolute atomic E-state index is 0.261. The number of aliphatic hydroxyl groups excluding tert-OH is 2. The number of hydrogen-bond donors (Lipinski definition) is 2. The van der Waals surface area contributed by atoms with Crippen molar-refractivity contribution in [2.24, 2.45) is 11.0 Å². The zero-order valence-electron chi connectivity index (χ0n) is 9.86. The predicted octanol–water partition coefficient (Wildman–Crippen LogP) is 0.639. The predicted molar refractivity (Wildman–Crippen MR) is 61.3 cm³/mol. The van der Waals surface area contributed by atoms with E-state index in [1.165, 1.54) is 30.6 Å². The Morgan fingerprint density at radius 1 is 1.35 bits per heavy atom. The van der Waals surface area contributed by atoms with Crippen molar-refractivity contribution in [3.05, 3.63) is 24.5 Å². The fourth-order valence-corrected chi connectivity index (χ4v) is 1.86. The van der Waals surface area contributed by atoms with Crippen molar-refractivity contribution < 1.29 is 23.4 Å². The first-order valence-electron chi connectivity index (χ1n) is 5.47. The maximum Gasteiger partial charge on any atom is 0.415 e. The highest BCUT2D eigenvalue weighted by Gasteiger charge is 2.52. The van der Waals surface area contributed by atoms with Crippen LogP contribution >= 0.6 is 0 Å². The van der Waals surface area contributed by atoms with Crippen LogP contribution in [0, 0.1) is 17.2 Å². The second-order valence-electron chi connectivity index (χ2n) is 4.07. The van der Waals surface area contributed by atoms with E-state index in [1.807, 2.05) is 0 Å². The van der Waals surface area contributed by atoms with E-state index in [1.54, 1.807) is 0 Å². The van der Waals surface area contributed by atoms with Crippen LogP contribution in [-0.4, -0.2) is 39.4 Å². The van der Waals surface area contributed by atoms with Gasteiger partial charge in [-0.2, -0.15) is 23.5 Å². The van der Waals surface area contributed by atoms with Gasteiger partial charge in [-0.3, -0.25) is 4.98 Å². The molecule has 0 radical (unpaired) electrons. The average molecular weight is 286 g/mol. The molecule has 9 heteroatoms. The molecule has 20 heavy (non-hydrogen) atoms. The van der Waals surface area contributed by atoms with Gasteiger partial charge >= 0.3 is 6.18 Å². The Balaban J connectivity index is 2.35. The van der Waals surface area contributed by atoms with Gasteiger partial charge in [-0.05, 0) is 12.1 Å². The van der Waals surface area contributed by atoms with Crippen LogP contribution < -0.4 is 5.01 Å². The molecule has 0 saturated heterocycles. The molecule has 2 rings (SSSR count). The molecule has 0 aromatic carbocycles. The number of halogens is 3. The first-order valence-corrected chi connectivity index (χ1v) is 5.47. The fraction of sp³-hybridized carbons (Fsp3) is 0.364. The summed E-state index contributed by atoms with van der Waals surface area (Å²) in [5.74, 6) is -1.85. The summed E-state index contributed by atoms with van der Waals surface area (Å²) in [4.78, 5) is 3.72. The minimum Gasteiger partial charge on any atom is -0.383 e. The molecule has 2 heterocycles. The smallest absolute Gasteiger partial charge is 0.383 e. The molecular weight excluding hydrogens is 277 g/mol. The molecule has 6 nitrogen and oxygen atoms in total. The monoisotopic (exact) mass is 286 g/mol. The van der Waals surface area contributed by atoms with Crippen LogP contribution in [0.3, 0.4) is 0 Å². The van der Waals surface area contributed by atoms with Crippen LogP contribution in [0.4, 0.5) is 18.9 Å². The van der Waals surface area contributed by atoms with Gasteiger partial charge in [0.25, 0.3) is 0 Å². The van der Waals surface area contributed by atoms with Crippen LogP contribution in [-0.2, 0) is 0 Å². The summed E-state index contributed by atoms with van der Waals surface area (Å²) in [7, 11) is 0. The topological polar surface area (TPSA) is 92.7 Å². The number of hydrazone groups is 1. The van der Waals surface area contributed by atoms with Gasteiger partial charge in [0.2, 0.25) is 0 Å². The van der Waals surface area contributed by atoms with Crippen LogP contribution in [0.2, 0.25) is 0 Å². The van der Waals surface area contributed by atoms with Crippen molar-refractivity contribution in [1.29, 1.82) is 5.26 Å². The number of aliphatic hydroxyl groups is 2. The van der Waals surface area contributed by atoms with Gasteiger partial charge in [0.05, 0.1) is 11.6 Å². The standard InChI is InChI=1S/C11H9F3N4O2/c12-11(13,14)9(19)8-7(5-15)17-18(10(8)20)6-1-3-16-4-2-6/h1-4,8-10,19-20H. The van der Waals surface area contributed by atoms with E-state index in [0.717, 1.165) is 5.01 Å². The van der Waals surface area contributed by atoms with E-state index >= 15 is 0 Å². The molecule has 1 aliphatic heterocycles. The number of nitrogens with zero attached hydrogens (tertiary/aromatic N) is 4. The zero-order valence-corrected chi connectivity index (χ0v) is 9.86. The Hall–Kier alpha value is -2.18. The number of nitriles is 1. The molecule has 3 unspecified atom stereocenters. The highest BCUT2D eigenvalue weighted by molar-refractivity contribution is 6.03. The molecule has 3 atom stereocenters. The number of aromatic nitrogens is 1. The molecular formula is C11H9F3N4O2. The third-order valence-corrected chi connectivity index (χ3v) is 2.82. The lowest BCUT2D eigenvalue weighted by atomic mass is 9.95. The van der Waals surface area contributed by atoms with E-state index in [4.69, 9.17) is 5.26 Å². The lowest BCUT2D eigenvalue weighted by molar-refractivity contribution is -0.218. The summed E-state index contributed by atoms with van der Waals surface area (Å²) in [5.41, 5.74) is -0.323. The summed E-state index contributed by atoms with van der Waals surface area (Å²) < 4.78 is 37.7. The van der Waals surface area contributed by atoms with Crippen molar-refractivity contribution in [1.82, 2.24) is 4.98 Å². The Morgan fingerprint density at radius 3 is 2.45 bits per heavy atom. The second-order valence-corrected chi connectivity index (χ2v) is 4.07. The molecule has 106 valence electrons. The first-order chi connectivity index (χ1) is 9.36. The third kappa shape index (κ3) is 2.43. The van der Waals surface area contributed by atoms with Crippen LogP contribution in [0.25, 0.3) is 0 Å². The molecule has 1 aliphatic rings. The SMILES string of the molecule is N#CC1=NN(c2ccncc2)C(O)C1C(O)C(F)(F)F. The normalized spacial score (nSPS) is 24.2. The quantitative estimate of drug-likeness (QED) is 0.832. The van der Waals surface area contributed by atoms with E-state index in [9.17, 15) is 23.4 Å². The van der Waals surface area contributed by atoms with Gasteiger partial charge in [-0.1, -0.05) is 0 Å². The highest BCUT2D eigenvalue weighted by Crippen LogP contribution is 2.34. The molecule has 2 N–H and O–H groups in total. The lowest BCUT2D eigenvalue weighted by Crippen LogP contribution is -2.46. The molecule has 1 aromatic heterocycles. The van der Waals surface area contributed by atoms with Gasteiger partial charge < -0.3 is 10.2 Å². The maximum atomic E-state index is 12.6. The highest BCUT2D eigenvalue weighted by atomic mass is 19.4. The largest absolute Gasteiger partial charge is 0.415 e. The van der Waals surface area contributed by atoms with Gasteiger partial charge in [-0.15, -0.1) is 0 Å². The molecule has 1 aromatic rings. The second kappa shape index (κ2) is 5.07. The van der Waals surface area contributed by atoms with Crippen molar-refractivity contribution in [3.63, 3.8) is 0 Å². The van der Waals surface area contributed by atoms with E-state index in [0.29, 0.717) is 0 Å². The summed E-state index contributed by atoms with van der Waals surface area (Å²) in [6.45, 7) is 0. The van der Waals surface area contributed by atoms with Gasteiger partial charge in [0, 0.05) is 12.4 Å². The Labute approximate surface area is 111 Å².